The summed E-state index contributed by atoms with van der Waals surface area (Å²) < 4.78 is 6.27. The first-order valence-electron chi connectivity index (χ1n) is 11.3. The number of carbonyl (C=O) groups is 2. The second kappa shape index (κ2) is 11.0. The lowest BCUT2D eigenvalue weighted by Gasteiger charge is -2.37. The molecule has 0 atom stereocenters. The van der Waals surface area contributed by atoms with Crippen molar-refractivity contribution in [3.05, 3.63) is 29.8 Å². The van der Waals surface area contributed by atoms with Crippen LogP contribution in [0.4, 0.5) is 0 Å². The number of rotatable bonds is 5. The first-order chi connectivity index (χ1) is 15.1. The maximum absolute atomic E-state index is 12.8. The topological polar surface area (TPSA) is 53.1 Å². The van der Waals surface area contributed by atoms with Crippen LogP contribution in [0.5, 0.6) is 5.75 Å². The molecule has 4 rings (SSSR count). The molecule has 3 aliphatic heterocycles. The minimum atomic E-state index is 0.00737. The van der Waals surface area contributed by atoms with Gasteiger partial charge in [-0.1, -0.05) is 12.1 Å². The van der Waals surface area contributed by atoms with E-state index in [0.29, 0.717) is 17.7 Å². The van der Waals surface area contributed by atoms with E-state index in [0.717, 1.165) is 44.8 Å². The van der Waals surface area contributed by atoms with Crippen LogP contribution < -0.4 is 4.74 Å². The van der Waals surface area contributed by atoms with Crippen molar-refractivity contribution < 1.29 is 14.3 Å². The van der Waals surface area contributed by atoms with Crippen LogP contribution in [0.1, 0.15) is 29.4 Å². The highest BCUT2D eigenvalue weighted by Crippen LogP contribution is 2.43. The average molecular weight is 464 g/mol. The third-order valence-electron chi connectivity index (χ3n) is 6.35. The number of thioether (sulfide) groups is 2. The fraction of sp³-hybridized carbons (Fsp3) is 0.652. The molecular weight excluding hydrogens is 430 g/mol. The number of hydrogen-bond donors (Lipinski definition) is 0. The van der Waals surface area contributed by atoms with Gasteiger partial charge in [-0.3, -0.25) is 9.59 Å². The van der Waals surface area contributed by atoms with Gasteiger partial charge < -0.3 is 19.4 Å². The van der Waals surface area contributed by atoms with E-state index >= 15 is 0 Å². The van der Waals surface area contributed by atoms with Crippen molar-refractivity contribution in [3.63, 3.8) is 0 Å². The Hall–Kier alpha value is -1.38. The zero-order valence-electron chi connectivity index (χ0n) is 18.3. The molecule has 0 bridgehead atoms. The molecule has 3 heterocycles. The summed E-state index contributed by atoms with van der Waals surface area (Å²) in [5.41, 5.74) is 1.32. The number of piperazine rings is 1. The van der Waals surface area contributed by atoms with Crippen LogP contribution in [0, 0.1) is 5.92 Å². The molecule has 0 saturated carbocycles. The lowest BCUT2D eigenvalue weighted by molar-refractivity contribution is -0.142. The van der Waals surface area contributed by atoms with Gasteiger partial charge in [0.25, 0.3) is 5.91 Å². The van der Waals surface area contributed by atoms with Crippen LogP contribution in [0.2, 0.25) is 0 Å². The van der Waals surface area contributed by atoms with E-state index < -0.39 is 0 Å². The Morgan fingerprint density at radius 3 is 2.23 bits per heavy atom. The van der Waals surface area contributed by atoms with Gasteiger partial charge in [-0.25, -0.2) is 0 Å². The highest BCUT2D eigenvalue weighted by Gasteiger charge is 2.31. The summed E-state index contributed by atoms with van der Waals surface area (Å²) in [4.78, 5) is 31.5. The van der Waals surface area contributed by atoms with E-state index in [4.69, 9.17) is 4.74 Å². The molecule has 31 heavy (non-hydrogen) atoms. The van der Waals surface area contributed by atoms with Crippen LogP contribution in [0.25, 0.3) is 0 Å². The summed E-state index contributed by atoms with van der Waals surface area (Å²) in [5, 5.41) is 0. The van der Waals surface area contributed by atoms with Gasteiger partial charge in [0, 0.05) is 45.2 Å². The van der Waals surface area contributed by atoms with E-state index in [-0.39, 0.29) is 24.3 Å². The summed E-state index contributed by atoms with van der Waals surface area (Å²) in [7, 11) is 2.09. The molecule has 0 N–H and O–H groups in total. The molecule has 8 heteroatoms. The Morgan fingerprint density at radius 2 is 1.58 bits per heavy atom. The molecule has 0 spiro atoms. The second-order valence-electron chi connectivity index (χ2n) is 8.57. The number of carbonyl (C=O) groups excluding carboxylic acids is 2. The van der Waals surface area contributed by atoms with E-state index in [9.17, 15) is 9.59 Å². The number of benzene rings is 1. The van der Waals surface area contributed by atoms with Crippen LogP contribution in [-0.2, 0) is 9.59 Å². The SMILES string of the molecule is CN1CCN(C(=O)C2CCN(C(=O)COc3ccc(C4SCCCS4)cc3)CC2)CC1. The fourth-order valence-electron chi connectivity index (χ4n) is 4.30. The van der Waals surface area contributed by atoms with Gasteiger partial charge in [-0.2, -0.15) is 0 Å². The predicted molar refractivity (Wildman–Crippen MR) is 128 cm³/mol. The van der Waals surface area contributed by atoms with Gasteiger partial charge in [0.15, 0.2) is 6.61 Å². The maximum atomic E-state index is 12.8. The van der Waals surface area contributed by atoms with Gasteiger partial charge in [-0.05, 0) is 55.5 Å². The number of piperidine rings is 1. The highest BCUT2D eigenvalue weighted by atomic mass is 32.2. The minimum absolute atomic E-state index is 0.00737. The molecule has 170 valence electrons. The van der Waals surface area contributed by atoms with Gasteiger partial charge >= 0.3 is 0 Å². The monoisotopic (exact) mass is 463 g/mol. The number of likely N-dealkylation sites (tertiary alicyclic amines) is 1. The van der Waals surface area contributed by atoms with Gasteiger partial charge in [0.05, 0.1) is 4.58 Å². The Morgan fingerprint density at radius 1 is 0.935 bits per heavy atom. The average Bonchev–Trinajstić information content (AvgIpc) is 2.83. The van der Waals surface area contributed by atoms with Crippen LogP contribution >= 0.6 is 23.5 Å². The van der Waals surface area contributed by atoms with Crippen LogP contribution in [0.3, 0.4) is 0 Å². The number of likely N-dealkylation sites (N-methyl/N-ethyl adjacent to an activating group) is 1. The predicted octanol–water partition coefficient (Wildman–Crippen LogP) is 2.95. The van der Waals surface area contributed by atoms with Crippen molar-refractivity contribution in [1.82, 2.24) is 14.7 Å². The van der Waals surface area contributed by atoms with E-state index in [2.05, 4.69) is 24.1 Å². The van der Waals surface area contributed by atoms with Gasteiger partial charge in [0.2, 0.25) is 5.91 Å². The zero-order chi connectivity index (χ0) is 21.6. The van der Waals surface area contributed by atoms with Crippen LogP contribution in [0.15, 0.2) is 24.3 Å². The maximum Gasteiger partial charge on any atom is 0.260 e. The molecule has 3 fully saturated rings. The van der Waals surface area contributed by atoms with Gasteiger partial charge in [0.1, 0.15) is 5.75 Å². The van der Waals surface area contributed by atoms with E-state index in [1.165, 1.54) is 23.5 Å². The quantitative estimate of drug-likeness (QED) is 0.669. The van der Waals surface area contributed by atoms with Crippen molar-refractivity contribution >= 4 is 35.3 Å². The molecule has 6 nitrogen and oxygen atoms in total. The molecule has 1 aromatic rings. The van der Waals surface area contributed by atoms with Crippen molar-refractivity contribution in [3.8, 4) is 5.75 Å². The molecule has 0 unspecified atom stereocenters. The Kier molecular flexibility index (Phi) is 8.07. The Bertz CT molecular complexity index is 739. The molecule has 2 amide bonds. The molecule has 0 radical (unpaired) electrons. The number of hydrogen-bond acceptors (Lipinski definition) is 6. The standard InChI is InChI=1S/C23H33N3O3S2/c1-24-11-13-26(14-12-24)22(28)18-7-9-25(10-8-18)21(27)17-29-20-5-3-19(4-6-20)23-30-15-2-16-31-23/h3-6,18,23H,2,7-17H2,1H3. The third kappa shape index (κ3) is 6.11. The first kappa shape index (κ1) is 22.8. The normalized spacial score (nSPS) is 21.8. The van der Waals surface area contributed by atoms with Crippen molar-refractivity contribution in [2.24, 2.45) is 5.92 Å². The summed E-state index contributed by atoms with van der Waals surface area (Å²) in [6.07, 6.45) is 2.79. The lowest BCUT2D eigenvalue weighted by Crippen LogP contribution is -2.51. The van der Waals surface area contributed by atoms with Crippen LogP contribution in [-0.4, -0.2) is 90.9 Å². The molecule has 0 aromatic heterocycles. The molecule has 3 saturated heterocycles. The molecule has 0 aliphatic carbocycles. The first-order valence-corrected chi connectivity index (χ1v) is 13.4. The van der Waals surface area contributed by atoms with Crippen molar-refractivity contribution in [2.75, 3.05) is 64.4 Å². The summed E-state index contributed by atoms with van der Waals surface area (Å²) in [6.45, 7) is 4.87. The molecule has 1 aromatic carbocycles. The third-order valence-corrected chi connectivity index (χ3v) is 9.37. The molecular formula is C23H33N3O3S2. The fourth-order valence-corrected chi connectivity index (χ4v) is 7.19. The Labute approximate surface area is 194 Å². The van der Waals surface area contributed by atoms with Crippen molar-refractivity contribution in [2.45, 2.75) is 23.8 Å². The van der Waals surface area contributed by atoms with Crippen molar-refractivity contribution in [1.29, 1.82) is 0 Å². The van der Waals surface area contributed by atoms with Gasteiger partial charge in [-0.15, -0.1) is 23.5 Å². The highest BCUT2D eigenvalue weighted by molar-refractivity contribution is 8.16. The smallest absolute Gasteiger partial charge is 0.260 e. The number of ether oxygens (including phenoxy) is 1. The summed E-state index contributed by atoms with van der Waals surface area (Å²) >= 11 is 4.01. The largest absolute Gasteiger partial charge is 0.484 e. The summed E-state index contributed by atoms with van der Waals surface area (Å²) in [5.74, 6) is 3.52. The Balaban J connectivity index is 1.19. The van der Waals surface area contributed by atoms with E-state index in [1.807, 2.05) is 45.5 Å². The molecule has 3 aliphatic rings. The summed E-state index contributed by atoms with van der Waals surface area (Å²) in [6, 6.07) is 8.18. The van der Waals surface area contributed by atoms with E-state index in [1.54, 1.807) is 0 Å². The number of amides is 2. The number of nitrogens with zero attached hydrogens (tertiary/aromatic N) is 3. The lowest BCUT2D eigenvalue weighted by atomic mass is 9.95. The minimum Gasteiger partial charge on any atom is -0.484 e. The zero-order valence-corrected chi connectivity index (χ0v) is 20.0. The second-order valence-corrected chi connectivity index (χ2v) is 11.3.